The van der Waals surface area contributed by atoms with Crippen LogP contribution in [0.5, 0.6) is 0 Å². The van der Waals surface area contributed by atoms with Gasteiger partial charge in [-0.25, -0.2) is 4.98 Å². The highest BCUT2D eigenvalue weighted by atomic mass is 32.1. The zero-order valence-electron chi connectivity index (χ0n) is 10.7. The van der Waals surface area contributed by atoms with Gasteiger partial charge in [0.2, 0.25) is 5.91 Å². The summed E-state index contributed by atoms with van der Waals surface area (Å²) in [5, 5.41) is 9.17. The van der Waals surface area contributed by atoms with Crippen molar-refractivity contribution in [2.45, 2.75) is 19.4 Å². The second kappa shape index (κ2) is 5.11. The SMILES string of the molecule is CNCc1nc(-c2ccc3c(c2)CCC(=O)N3)cs1. The van der Waals surface area contributed by atoms with Gasteiger partial charge < -0.3 is 10.6 Å². The van der Waals surface area contributed by atoms with E-state index in [-0.39, 0.29) is 5.91 Å². The van der Waals surface area contributed by atoms with E-state index in [1.807, 2.05) is 19.2 Å². The Kier molecular flexibility index (Phi) is 3.31. The number of amides is 1. The molecule has 2 heterocycles. The molecule has 2 N–H and O–H groups in total. The van der Waals surface area contributed by atoms with Gasteiger partial charge >= 0.3 is 0 Å². The largest absolute Gasteiger partial charge is 0.326 e. The van der Waals surface area contributed by atoms with Crippen molar-refractivity contribution in [1.29, 1.82) is 0 Å². The van der Waals surface area contributed by atoms with Crippen LogP contribution in [-0.2, 0) is 17.8 Å². The van der Waals surface area contributed by atoms with Gasteiger partial charge in [0.15, 0.2) is 0 Å². The highest BCUT2D eigenvalue weighted by Gasteiger charge is 2.15. The topological polar surface area (TPSA) is 54.0 Å². The van der Waals surface area contributed by atoms with E-state index < -0.39 is 0 Å². The first kappa shape index (κ1) is 12.3. The molecule has 1 aromatic carbocycles. The monoisotopic (exact) mass is 273 g/mol. The van der Waals surface area contributed by atoms with Crippen molar-refractivity contribution in [3.63, 3.8) is 0 Å². The zero-order chi connectivity index (χ0) is 13.2. The summed E-state index contributed by atoms with van der Waals surface area (Å²) in [5.74, 6) is 0.102. The summed E-state index contributed by atoms with van der Waals surface area (Å²) in [6, 6.07) is 6.12. The molecule has 0 spiro atoms. The molecular weight excluding hydrogens is 258 g/mol. The molecule has 2 aromatic rings. The normalized spacial score (nSPS) is 14.1. The molecule has 0 bridgehead atoms. The molecule has 0 unspecified atom stereocenters. The molecule has 5 heteroatoms. The minimum absolute atomic E-state index is 0.102. The van der Waals surface area contributed by atoms with E-state index in [0.29, 0.717) is 6.42 Å². The first-order valence-electron chi connectivity index (χ1n) is 6.28. The smallest absolute Gasteiger partial charge is 0.224 e. The molecule has 0 radical (unpaired) electrons. The van der Waals surface area contributed by atoms with E-state index in [9.17, 15) is 4.79 Å². The number of nitrogens with one attached hydrogen (secondary N) is 2. The Hall–Kier alpha value is -1.72. The lowest BCUT2D eigenvalue weighted by atomic mass is 9.99. The van der Waals surface area contributed by atoms with Crippen molar-refractivity contribution in [3.8, 4) is 11.3 Å². The summed E-state index contributed by atoms with van der Waals surface area (Å²) in [7, 11) is 1.92. The fourth-order valence-corrected chi connectivity index (χ4v) is 3.03. The molecule has 0 saturated carbocycles. The number of carbonyl (C=O) groups excluding carboxylic acids is 1. The molecule has 3 rings (SSSR count). The van der Waals surface area contributed by atoms with Gasteiger partial charge in [-0.3, -0.25) is 4.79 Å². The van der Waals surface area contributed by atoms with Crippen LogP contribution in [0.15, 0.2) is 23.6 Å². The minimum atomic E-state index is 0.102. The first-order chi connectivity index (χ1) is 9.26. The lowest BCUT2D eigenvalue weighted by Crippen LogP contribution is -2.18. The van der Waals surface area contributed by atoms with Crippen molar-refractivity contribution in [2.75, 3.05) is 12.4 Å². The van der Waals surface area contributed by atoms with E-state index >= 15 is 0 Å². The first-order valence-corrected chi connectivity index (χ1v) is 7.16. The van der Waals surface area contributed by atoms with Gasteiger partial charge in [0, 0.05) is 29.6 Å². The third kappa shape index (κ3) is 2.52. The van der Waals surface area contributed by atoms with E-state index in [1.165, 1.54) is 5.56 Å². The van der Waals surface area contributed by atoms with E-state index in [0.717, 1.165) is 34.9 Å². The van der Waals surface area contributed by atoms with Gasteiger partial charge in [-0.05, 0) is 31.2 Å². The number of rotatable bonds is 3. The summed E-state index contributed by atoms with van der Waals surface area (Å²) in [6.45, 7) is 0.797. The average Bonchev–Trinajstić information content (AvgIpc) is 2.87. The van der Waals surface area contributed by atoms with Gasteiger partial charge in [-0.15, -0.1) is 11.3 Å². The Bertz CT molecular complexity index is 621. The van der Waals surface area contributed by atoms with Crippen LogP contribution in [0.2, 0.25) is 0 Å². The number of anilines is 1. The predicted octanol–water partition coefficient (Wildman–Crippen LogP) is 2.41. The van der Waals surface area contributed by atoms with Crippen LogP contribution in [0.4, 0.5) is 5.69 Å². The highest BCUT2D eigenvalue weighted by molar-refractivity contribution is 7.09. The van der Waals surface area contributed by atoms with Crippen LogP contribution in [0, 0.1) is 0 Å². The van der Waals surface area contributed by atoms with Crippen LogP contribution in [0.1, 0.15) is 17.0 Å². The molecule has 0 fully saturated rings. The number of hydrogen-bond donors (Lipinski definition) is 2. The Labute approximate surface area is 115 Å². The quantitative estimate of drug-likeness (QED) is 0.903. The van der Waals surface area contributed by atoms with E-state index in [1.54, 1.807) is 11.3 Å². The second-order valence-electron chi connectivity index (χ2n) is 4.58. The molecule has 4 nitrogen and oxygen atoms in total. The van der Waals surface area contributed by atoms with Crippen LogP contribution >= 0.6 is 11.3 Å². The summed E-state index contributed by atoms with van der Waals surface area (Å²) >= 11 is 1.66. The number of aryl methyl sites for hydroxylation is 1. The number of hydrogen-bond acceptors (Lipinski definition) is 4. The highest BCUT2D eigenvalue weighted by Crippen LogP contribution is 2.29. The second-order valence-corrected chi connectivity index (χ2v) is 5.52. The molecule has 98 valence electrons. The number of benzene rings is 1. The Morgan fingerprint density at radius 3 is 3.16 bits per heavy atom. The number of nitrogens with zero attached hydrogens (tertiary/aromatic N) is 1. The molecular formula is C14H15N3OS. The van der Waals surface area contributed by atoms with Crippen LogP contribution in [-0.4, -0.2) is 17.9 Å². The fraction of sp³-hybridized carbons (Fsp3) is 0.286. The van der Waals surface area contributed by atoms with Crippen molar-refractivity contribution >= 4 is 22.9 Å². The number of aromatic nitrogens is 1. The van der Waals surface area contributed by atoms with Crippen molar-refractivity contribution in [1.82, 2.24) is 10.3 Å². The maximum atomic E-state index is 11.3. The van der Waals surface area contributed by atoms with Crippen molar-refractivity contribution in [2.24, 2.45) is 0 Å². The van der Waals surface area contributed by atoms with Crippen molar-refractivity contribution < 1.29 is 4.79 Å². The Balaban J connectivity index is 1.90. The lowest BCUT2D eigenvalue weighted by molar-refractivity contribution is -0.116. The maximum Gasteiger partial charge on any atom is 0.224 e. The molecule has 1 amide bonds. The molecule has 0 atom stereocenters. The van der Waals surface area contributed by atoms with E-state index in [2.05, 4.69) is 27.1 Å². The van der Waals surface area contributed by atoms with E-state index in [4.69, 9.17) is 0 Å². The number of thiazole rings is 1. The predicted molar refractivity (Wildman–Crippen MR) is 77.3 cm³/mol. The molecule has 1 aliphatic heterocycles. The molecule has 0 saturated heterocycles. The molecule has 1 aromatic heterocycles. The Morgan fingerprint density at radius 1 is 1.42 bits per heavy atom. The molecule has 0 aliphatic carbocycles. The lowest BCUT2D eigenvalue weighted by Gasteiger charge is -2.17. The van der Waals surface area contributed by atoms with Crippen molar-refractivity contribution in [3.05, 3.63) is 34.2 Å². The number of fused-ring (bicyclic) bond motifs is 1. The summed E-state index contributed by atoms with van der Waals surface area (Å²) in [4.78, 5) is 15.9. The summed E-state index contributed by atoms with van der Waals surface area (Å²) in [6.07, 6.45) is 1.38. The molecule has 1 aliphatic rings. The summed E-state index contributed by atoms with van der Waals surface area (Å²) < 4.78 is 0. The van der Waals surface area contributed by atoms with Gasteiger partial charge in [0.25, 0.3) is 0 Å². The fourth-order valence-electron chi connectivity index (χ4n) is 2.22. The third-order valence-electron chi connectivity index (χ3n) is 3.18. The van der Waals surface area contributed by atoms with Gasteiger partial charge in [-0.2, -0.15) is 0 Å². The van der Waals surface area contributed by atoms with Gasteiger partial charge in [0.05, 0.1) is 5.69 Å². The summed E-state index contributed by atoms with van der Waals surface area (Å²) in [5.41, 5.74) is 4.26. The maximum absolute atomic E-state index is 11.3. The van der Waals surface area contributed by atoms with Gasteiger partial charge in [0.1, 0.15) is 5.01 Å². The van der Waals surface area contributed by atoms with Crippen LogP contribution < -0.4 is 10.6 Å². The molecule has 19 heavy (non-hydrogen) atoms. The van der Waals surface area contributed by atoms with Crippen LogP contribution in [0.3, 0.4) is 0 Å². The zero-order valence-corrected chi connectivity index (χ0v) is 11.5. The standard InChI is InChI=1S/C14H15N3OS/c1-15-7-14-17-12(8-19-14)10-2-4-11-9(6-10)3-5-13(18)16-11/h2,4,6,8,15H,3,5,7H2,1H3,(H,16,18). The average molecular weight is 273 g/mol. The van der Waals surface area contributed by atoms with Gasteiger partial charge in [-0.1, -0.05) is 6.07 Å². The third-order valence-corrected chi connectivity index (χ3v) is 4.03. The Morgan fingerprint density at radius 2 is 2.32 bits per heavy atom. The minimum Gasteiger partial charge on any atom is -0.326 e. The van der Waals surface area contributed by atoms with Crippen LogP contribution in [0.25, 0.3) is 11.3 Å². The number of carbonyl (C=O) groups is 1.